The zero-order chi connectivity index (χ0) is 22.3. The van der Waals surface area contributed by atoms with E-state index < -0.39 is 11.8 Å². The van der Waals surface area contributed by atoms with Gasteiger partial charge in [-0.2, -0.15) is 5.26 Å². The molecule has 1 aliphatic heterocycles. The maximum atomic E-state index is 13.2. The number of carbonyl (C=O) groups excluding carboxylic acids is 2. The van der Waals surface area contributed by atoms with Crippen LogP contribution in [0.2, 0.25) is 5.15 Å². The van der Waals surface area contributed by atoms with E-state index in [0.29, 0.717) is 29.9 Å². The predicted octanol–water partition coefficient (Wildman–Crippen LogP) is 3.41. The third-order valence-electron chi connectivity index (χ3n) is 5.43. The lowest BCUT2D eigenvalue weighted by atomic mass is 9.70. The number of hydrogen-bond donors (Lipinski definition) is 2. The van der Waals surface area contributed by atoms with Crippen molar-refractivity contribution in [3.63, 3.8) is 0 Å². The minimum atomic E-state index is -0.728. The van der Waals surface area contributed by atoms with E-state index in [4.69, 9.17) is 21.8 Å². The normalized spacial score (nSPS) is 20.4. The quantitative estimate of drug-likeness (QED) is 0.704. The number of hydrogen-bond acceptors (Lipinski definition) is 7. The highest BCUT2D eigenvalue weighted by atomic mass is 35.5. The summed E-state index contributed by atoms with van der Waals surface area (Å²) >= 11 is 6.06. The summed E-state index contributed by atoms with van der Waals surface area (Å²) in [5.74, 6) is -0.930. The van der Waals surface area contributed by atoms with E-state index in [1.165, 1.54) is 23.5 Å². The van der Waals surface area contributed by atoms with E-state index >= 15 is 0 Å². The fraction of sp³-hybridized carbons (Fsp3) is 0.273. The van der Waals surface area contributed by atoms with Crippen molar-refractivity contribution in [2.45, 2.75) is 32.6 Å². The lowest BCUT2D eigenvalue weighted by Gasteiger charge is -2.42. The lowest BCUT2D eigenvalue weighted by Crippen LogP contribution is -2.49. The first-order valence-electron chi connectivity index (χ1n) is 9.64. The Hall–Kier alpha value is -3.57. The Balaban J connectivity index is 1.85. The summed E-state index contributed by atoms with van der Waals surface area (Å²) in [5.41, 5.74) is 9.92. The average molecular weight is 438 g/mol. The van der Waals surface area contributed by atoms with Crippen LogP contribution in [0.25, 0.3) is 0 Å². The molecule has 0 saturated carbocycles. The zero-order valence-corrected chi connectivity index (χ0v) is 17.7. The number of amides is 1. The Morgan fingerprint density at radius 1 is 1.39 bits per heavy atom. The van der Waals surface area contributed by atoms with Gasteiger partial charge in [0.25, 0.3) is 5.91 Å². The molecular weight excluding hydrogens is 418 g/mol. The number of rotatable bonds is 3. The van der Waals surface area contributed by atoms with Crippen LogP contribution in [-0.4, -0.2) is 21.7 Å². The van der Waals surface area contributed by atoms with Gasteiger partial charge in [-0.25, -0.2) is 9.99 Å². The van der Waals surface area contributed by atoms with Gasteiger partial charge in [-0.1, -0.05) is 25.4 Å². The summed E-state index contributed by atoms with van der Waals surface area (Å²) in [5, 5.41) is 11.3. The Morgan fingerprint density at radius 3 is 2.81 bits per heavy atom. The molecule has 0 spiro atoms. The highest BCUT2D eigenvalue weighted by molar-refractivity contribution is 6.32. The van der Waals surface area contributed by atoms with Gasteiger partial charge in [0.2, 0.25) is 0 Å². The Kier molecular flexibility index (Phi) is 5.07. The van der Waals surface area contributed by atoms with Gasteiger partial charge in [-0.3, -0.25) is 15.0 Å². The molecule has 1 atom stereocenters. The molecule has 9 heteroatoms. The number of furan rings is 1. The first-order valence-corrected chi connectivity index (χ1v) is 10.0. The molecule has 8 nitrogen and oxygen atoms in total. The molecule has 31 heavy (non-hydrogen) atoms. The van der Waals surface area contributed by atoms with Crippen LogP contribution in [0.4, 0.5) is 0 Å². The minimum Gasteiger partial charge on any atom is -0.468 e. The van der Waals surface area contributed by atoms with Gasteiger partial charge in [-0.15, -0.1) is 0 Å². The second kappa shape index (κ2) is 7.60. The third-order valence-corrected chi connectivity index (χ3v) is 5.73. The smallest absolute Gasteiger partial charge is 0.273 e. The predicted molar refractivity (Wildman–Crippen MR) is 112 cm³/mol. The molecule has 1 aliphatic carbocycles. The van der Waals surface area contributed by atoms with Crippen molar-refractivity contribution in [1.82, 2.24) is 15.4 Å². The van der Waals surface area contributed by atoms with Crippen LogP contribution in [-0.2, 0) is 4.79 Å². The molecule has 2 aliphatic rings. The van der Waals surface area contributed by atoms with E-state index in [0.717, 1.165) is 0 Å². The third kappa shape index (κ3) is 3.57. The maximum absolute atomic E-state index is 13.2. The second-order valence-electron chi connectivity index (χ2n) is 8.28. The van der Waals surface area contributed by atoms with Crippen LogP contribution in [0, 0.1) is 16.7 Å². The minimum absolute atomic E-state index is 0.0292. The summed E-state index contributed by atoms with van der Waals surface area (Å²) in [6, 6.07) is 8.60. The SMILES string of the molecule is CC1(C)CC(=O)C2=C(C1)N(NC(=O)c1cccnc1Cl)C(N)=C(C#N)C2c1ccco1. The first-order chi connectivity index (χ1) is 14.7. The summed E-state index contributed by atoms with van der Waals surface area (Å²) in [7, 11) is 0. The molecule has 1 amide bonds. The van der Waals surface area contributed by atoms with Gasteiger partial charge in [0.05, 0.1) is 35.1 Å². The highest BCUT2D eigenvalue weighted by Crippen LogP contribution is 2.48. The number of aromatic nitrogens is 1. The van der Waals surface area contributed by atoms with Gasteiger partial charge in [0.1, 0.15) is 16.7 Å². The number of nitrogens with one attached hydrogen (secondary N) is 1. The van der Waals surface area contributed by atoms with Crippen LogP contribution in [0.5, 0.6) is 0 Å². The number of nitrogens with two attached hydrogens (primary N) is 1. The van der Waals surface area contributed by atoms with Crippen LogP contribution < -0.4 is 11.2 Å². The van der Waals surface area contributed by atoms with Crippen molar-refractivity contribution >= 4 is 23.3 Å². The molecule has 0 saturated heterocycles. The van der Waals surface area contributed by atoms with Crippen molar-refractivity contribution in [2.24, 2.45) is 11.1 Å². The van der Waals surface area contributed by atoms with Crippen LogP contribution in [0.1, 0.15) is 48.7 Å². The second-order valence-corrected chi connectivity index (χ2v) is 8.64. The number of carbonyl (C=O) groups is 2. The van der Waals surface area contributed by atoms with E-state index in [1.54, 1.807) is 18.2 Å². The van der Waals surface area contributed by atoms with Crippen molar-refractivity contribution in [1.29, 1.82) is 5.26 Å². The average Bonchev–Trinajstić information content (AvgIpc) is 3.23. The number of nitrogens with zero attached hydrogens (tertiary/aromatic N) is 3. The van der Waals surface area contributed by atoms with E-state index in [1.807, 2.05) is 13.8 Å². The summed E-state index contributed by atoms with van der Waals surface area (Å²) < 4.78 is 5.55. The molecule has 0 aromatic carbocycles. The molecule has 158 valence electrons. The monoisotopic (exact) mass is 437 g/mol. The molecule has 0 fully saturated rings. The summed E-state index contributed by atoms with van der Waals surface area (Å²) in [4.78, 5) is 30.1. The fourth-order valence-corrected chi connectivity index (χ4v) is 4.30. The zero-order valence-electron chi connectivity index (χ0n) is 17.0. The maximum Gasteiger partial charge on any atom is 0.273 e. The first kappa shape index (κ1) is 20.7. The number of Topliss-reactive ketones (excluding diaryl/α,β-unsaturated/α-hetero) is 1. The molecule has 1 unspecified atom stereocenters. The van der Waals surface area contributed by atoms with Crippen LogP contribution in [0.3, 0.4) is 0 Å². The largest absolute Gasteiger partial charge is 0.468 e. The van der Waals surface area contributed by atoms with Crippen molar-refractivity contribution < 1.29 is 14.0 Å². The number of pyridine rings is 1. The van der Waals surface area contributed by atoms with Gasteiger partial charge in [0.15, 0.2) is 5.78 Å². The number of hydrazine groups is 1. The highest BCUT2D eigenvalue weighted by Gasteiger charge is 2.45. The molecule has 2 aromatic rings. The molecule has 2 aromatic heterocycles. The molecule has 3 N–H and O–H groups in total. The van der Waals surface area contributed by atoms with Crippen molar-refractivity contribution in [3.05, 3.63) is 75.9 Å². The van der Waals surface area contributed by atoms with Gasteiger partial charge in [0, 0.05) is 18.2 Å². The summed E-state index contributed by atoms with van der Waals surface area (Å²) in [6.45, 7) is 3.93. The molecule has 3 heterocycles. The molecule has 0 radical (unpaired) electrons. The van der Waals surface area contributed by atoms with Gasteiger partial charge < -0.3 is 10.2 Å². The van der Waals surface area contributed by atoms with Gasteiger partial charge in [-0.05, 0) is 36.1 Å². The fourth-order valence-electron chi connectivity index (χ4n) is 4.09. The Bertz CT molecular complexity index is 1170. The van der Waals surface area contributed by atoms with Gasteiger partial charge >= 0.3 is 0 Å². The molecular formula is C22H20ClN5O3. The number of halogens is 1. The van der Waals surface area contributed by atoms with E-state index in [-0.39, 0.29) is 33.3 Å². The topological polar surface area (TPSA) is 125 Å². The van der Waals surface area contributed by atoms with E-state index in [9.17, 15) is 14.9 Å². The number of nitriles is 1. The Morgan fingerprint density at radius 2 is 2.16 bits per heavy atom. The summed E-state index contributed by atoms with van der Waals surface area (Å²) in [6.07, 6.45) is 3.72. The standard InChI is InChI=1S/C22H20ClN5O3/c1-22(2)9-14-18(15(29)10-22)17(16-6-4-8-31-16)13(11-24)20(25)28(14)27-21(30)12-5-3-7-26-19(12)23/h3-8,17H,9-10,25H2,1-2H3,(H,27,30). The van der Waals surface area contributed by atoms with Crippen molar-refractivity contribution in [2.75, 3.05) is 0 Å². The number of ketones is 1. The Labute approximate surface area is 183 Å². The lowest BCUT2D eigenvalue weighted by molar-refractivity contribution is -0.118. The van der Waals surface area contributed by atoms with E-state index in [2.05, 4.69) is 16.5 Å². The van der Waals surface area contributed by atoms with Crippen molar-refractivity contribution in [3.8, 4) is 6.07 Å². The van der Waals surface area contributed by atoms with Crippen LogP contribution >= 0.6 is 11.6 Å². The molecule has 0 bridgehead atoms. The van der Waals surface area contributed by atoms with Crippen LogP contribution in [0.15, 0.2) is 63.8 Å². The molecule has 4 rings (SSSR count). The number of allylic oxidation sites excluding steroid dienone is 3.